The maximum Gasteiger partial charge on any atom is 0.338 e. The number of hydrogen-bond donors (Lipinski definition) is 0. The van der Waals surface area contributed by atoms with Crippen molar-refractivity contribution < 1.29 is 28.8 Å². The molecular weight excluding hydrogens is 388 g/mol. The molecule has 2 heterocycles. The number of carbonyl (C=O) groups excluding carboxylic acids is 4. The number of benzene rings is 2. The standard InChI is InChI=1S/C22H20N2O6/c1-29-21(27)17-12-23(11-14-7-3-2-4-8-14)13-18(17)22(28)30-24-19(25)15-9-5-6-10-16(15)20(24)26/h2-10,17-18H,11-13H2,1H3/t17-,18+/m1/s1. The lowest BCUT2D eigenvalue weighted by Crippen LogP contribution is -2.38. The predicted octanol–water partition coefficient (Wildman–Crippen LogP) is 1.66. The van der Waals surface area contributed by atoms with Crippen LogP contribution in [-0.2, 0) is 25.7 Å². The number of carbonyl (C=O) groups is 4. The van der Waals surface area contributed by atoms with Crippen molar-refractivity contribution in [3.8, 4) is 0 Å². The van der Waals surface area contributed by atoms with Gasteiger partial charge >= 0.3 is 11.9 Å². The van der Waals surface area contributed by atoms with Crippen molar-refractivity contribution in [2.24, 2.45) is 11.8 Å². The van der Waals surface area contributed by atoms with E-state index >= 15 is 0 Å². The minimum atomic E-state index is -0.856. The molecule has 0 bridgehead atoms. The van der Waals surface area contributed by atoms with Crippen LogP contribution in [0, 0.1) is 11.8 Å². The molecule has 2 aromatic rings. The largest absolute Gasteiger partial charge is 0.469 e. The molecule has 30 heavy (non-hydrogen) atoms. The number of nitrogens with zero attached hydrogens (tertiary/aromatic N) is 2. The van der Waals surface area contributed by atoms with Gasteiger partial charge in [-0.2, -0.15) is 0 Å². The third-order valence-electron chi connectivity index (χ3n) is 5.39. The van der Waals surface area contributed by atoms with Crippen molar-refractivity contribution >= 4 is 23.8 Å². The number of methoxy groups -OCH3 is 1. The number of esters is 1. The highest BCUT2D eigenvalue weighted by Crippen LogP contribution is 2.29. The first-order valence-electron chi connectivity index (χ1n) is 9.53. The van der Waals surface area contributed by atoms with E-state index in [-0.39, 0.29) is 17.7 Å². The van der Waals surface area contributed by atoms with Gasteiger partial charge in [0.25, 0.3) is 11.8 Å². The Morgan fingerprint density at radius 3 is 1.97 bits per heavy atom. The third kappa shape index (κ3) is 3.57. The van der Waals surface area contributed by atoms with Crippen LogP contribution in [0.4, 0.5) is 0 Å². The highest BCUT2D eigenvalue weighted by Gasteiger charge is 2.46. The average Bonchev–Trinajstić information content (AvgIpc) is 3.29. The molecule has 154 valence electrons. The summed E-state index contributed by atoms with van der Waals surface area (Å²) in [6.07, 6.45) is 0. The molecule has 4 rings (SSSR count). The molecule has 2 amide bonds. The highest BCUT2D eigenvalue weighted by molar-refractivity contribution is 6.20. The Morgan fingerprint density at radius 2 is 1.40 bits per heavy atom. The Balaban J connectivity index is 1.49. The van der Waals surface area contributed by atoms with Crippen molar-refractivity contribution in [2.75, 3.05) is 20.2 Å². The van der Waals surface area contributed by atoms with Crippen LogP contribution in [0.1, 0.15) is 26.3 Å². The molecule has 0 aromatic heterocycles. The van der Waals surface area contributed by atoms with E-state index in [4.69, 9.17) is 9.57 Å². The van der Waals surface area contributed by atoms with Gasteiger partial charge in [-0.3, -0.25) is 19.3 Å². The molecule has 0 aliphatic carbocycles. The number of likely N-dealkylation sites (tertiary alicyclic amines) is 1. The fraction of sp³-hybridized carbons (Fsp3) is 0.273. The van der Waals surface area contributed by atoms with Crippen LogP contribution in [0.3, 0.4) is 0 Å². The topological polar surface area (TPSA) is 93.2 Å². The zero-order valence-electron chi connectivity index (χ0n) is 16.3. The highest BCUT2D eigenvalue weighted by atomic mass is 16.7. The van der Waals surface area contributed by atoms with Gasteiger partial charge in [-0.15, -0.1) is 0 Å². The summed E-state index contributed by atoms with van der Waals surface area (Å²) in [4.78, 5) is 57.2. The first-order valence-corrected chi connectivity index (χ1v) is 9.53. The lowest BCUT2D eigenvalue weighted by Gasteiger charge is -2.18. The lowest BCUT2D eigenvalue weighted by molar-refractivity contribution is -0.176. The molecule has 2 aromatic carbocycles. The maximum absolute atomic E-state index is 12.9. The molecule has 2 aliphatic heterocycles. The van der Waals surface area contributed by atoms with Gasteiger partial charge in [-0.25, -0.2) is 4.79 Å². The van der Waals surface area contributed by atoms with Gasteiger partial charge in [0.2, 0.25) is 0 Å². The summed E-state index contributed by atoms with van der Waals surface area (Å²) in [5.74, 6) is -4.34. The van der Waals surface area contributed by atoms with Crippen LogP contribution >= 0.6 is 0 Å². The zero-order chi connectivity index (χ0) is 21.3. The molecule has 2 aliphatic rings. The minimum Gasteiger partial charge on any atom is -0.469 e. The SMILES string of the molecule is COC(=O)[C@@H]1CN(Cc2ccccc2)C[C@@H]1C(=O)ON1C(=O)c2ccccc2C1=O. The molecule has 1 saturated heterocycles. The van der Waals surface area contributed by atoms with E-state index in [1.54, 1.807) is 12.1 Å². The van der Waals surface area contributed by atoms with Crippen molar-refractivity contribution in [3.63, 3.8) is 0 Å². The summed E-state index contributed by atoms with van der Waals surface area (Å²) >= 11 is 0. The van der Waals surface area contributed by atoms with Crippen LogP contribution in [0.25, 0.3) is 0 Å². The van der Waals surface area contributed by atoms with Gasteiger partial charge in [0.15, 0.2) is 0 Å². The molecule has 0 spiro atoms. The molecule has 8 nitrogen and oxygen atoms in total. The maximum atomic E-state index is 12.9. The van der Waals surface area contributed by atoms with E-state index in [2.05, 4.69) is 0 Å². The summed E-state index contributed by atoms with van der Waals surface area (Å²) in [6, 6.07) is 15.9. The van der Waals surface area contributed by atoms with Gasteiger partial charge in [0.1, 0.15) is 0 Å². The van der Waals surface area contributed by atoms with Crippen molar-refractivity contribution in [3.05, 3.63) is 71.3 Å². The number of hydrogen-bond acceptors (Lipinski definition) is 7. The first kappa shape index (κ1) is 19.8. The summed E-state index contributed by atoms with van der Waals surface area (Å²) in [5.41, 5.74) is 1.39. The van der Waals surface area contributed by atoms with Crippen molar-refractivity contribution in [1.82, 2.24) is 9.96 Å². The summed E-state index contributed by atoms with van der Waals surface area (Å²) in [7, 11) is 1.26. The molecule has 0 radical (unpaired) electrons. The molecular formula is C22H20N2O6. The van der Waals surface area contributed by atoms with Gasteiger partial charge in [0.05, 0.1) is 30.1 Å². The van der Waals surface area contributed by atoms with E-state index in [0.29, 0.717) is 18.2 Å². The second-order valence-corrected chi connectivity index (χ2v) is 7.28. The normalized spacial score (nSPS) is 20.9. The molecule has 0 N–H and O–H groups in total. The van der Waals surface area contributed by atoms with E-state index < -0.39 is 35.6 Å². The Morgan fingerprint density at radius 1 is 0.867 bits per heavy atom. The van der Waals surface area contributed by atoms with E-state index in [1.165, 1.54) is 19.2 Å². The Labute approximate surface area is 172 Å². The van der Waals surface area contributed by atoms with Crippen LogP contribution in [0.15, 0.2) is 54.6 Å². The summed E-state index contributed by atoms with van der Waals surface area (Å²) in [6.45, 7) is 1.10. The Hall–Kier alpha value is -3.52. The number of fused-ring (bicyclic) bond motifs is 1. The number of rotatable bonds is 5. The summed E-state index contributed by atoms with van der Waals surface area (Å²) < 4.78 is 4.86. The number of ether oxygens (including phenoxy) is 1. The first-order chi connectivity index (χ1) is 14.5. The number of hydroxylamine groups is 2. The minimum absolute atomic E-state index is 0.178. The monoisotopic (exact) mass is 408 g/mol. The van der Waals surface area contributed by atoms with Crippen LogP contribution in [-0.4, -0.2) is 53.9 Å². The third-order valence-corrected chi connectivity index (χ3v) is 5.39. The number of imide groups is 1. The quantitative estimate of drug-likeness (QED) is 0.549. The fourth-order valence-electron chi connectivity index (χ4n) is 3.89. The van der Waals surface area contributed by atoms with E-state index in [9.17, 15) is 19.2 Å². The molecule has 1 fully saturated rings. The molecule has 0 unspecified atom stereocenters. The predicted molar refractivity (Wildman–Crippen MR) is 104 cm³/mol. The second kappa shape index (κ2) is 8.08. The molecule has 8 heteroatoms. The van der Waals surface area contributed by atoms with Gasteiger partial charge < -0.3 is 9.57 Å². The zero-order valence-corrected chi connectivity index (χ0v) is 16.3. The van der Waals surface area contributed by atoms with E-state index in [0.717, 1.165) is 5.56 Å². The van der Waals surface area contributed by atoms with Crippen molar-refractivity contribution in [1.29, 1.82) is 0 Å². The van der Waals surface area contributed by atoms with Crippen LogP contribution < -0.4 is 0 Å². The van der Waals surface area contributed by atoms with Crippen LogP contribution in [0.2, 0.25) is 0 Å². The molecule has 2 atom stereocenters. The number of amides is 2. The van der Waals surface area contributed by atoms with Crippen LogP contribution in [0.5, 0.6) is 0 Å². The van der Waals surface area contributed by atoms with Gasteiger partial charge in [-0.1, -0.05) is 47.5 Å². The lowest BCUT2D eigenvalue weighted by atomic mass is 9.96. The van der Waals surface area contributed by atoms with E-state index in [1.807, 2.05) is 35.2 Å². The summed E-state index contributed by atoms with van der Waals surface area (Å²) in [5, 5.41) is 0.473. The average molecular weight is 408 g/mol. The van der Waals surface area contributed by atoms with Crippen molar-refractivity contribution in [2.45, 2.75) is 6.54 Å². The Kier molecular flexibility index (Phi) is 5.33. The Bertz CT molecular complexity index is 971. The van der Waals surface area contributed by atoms with Gasteiger partial charge in [0, 0.05) is 19.6 Å². The second-order valence-electron chi connectivity index (χ2n) is 7.28. The fourth-order valence-corrected chi connectivity index (χ4v) is 3.89. The smallest absolute Gasteiger partial charge is 0.338 e. The van der Waals surface area contributed by atoms with Gasteiger partial charge in [-0.05, 0) is 17.7 Å². The molecule has 0 saturated carbocycles.